The molecule has 2 N–H and O–H groups in total. The summed E-state index contributed by atoms with van der Waals surface area (Å²) in [5.41, 5.74) is 4.36. The van der Waals surface area contributed by atoms with Gasteiger partial charge in [-0.1, -0.05) is 58.4 Å². The smallest absolute Gasteiger partial charge is 0.275 e. The number of hydrogen-bond donors (Lipinski definition) is 2. The largest absolute Gasteiger partial charge is 0.507 e. The minimum atomic E-state index is -0.518. The number of nitrogens with zero attached hydrogens (tertiary/aromatic N) is 1. The second kappa shape index (κ2) is 10.9. The summed E-state index contributed by atoms with van der Waals surface area (Å²) in [6.45, 7) is 2.78. The number of amides is 1. The number of halogens is 1. The number of phenolic OH excluding ortho intramolecular Hbond substituents is 1. The van der Waals surface area contributed by atoms with E-state index in [1.165, 1.54) is 23.7 Å². The van der Waals surface area contributed by atoms with Crippen molar-refractivity contribution in [2.75, 3.05) is 6.61 Å². The van der Waals surface area contributed by atoms with Crippen molar-refractivity contribution in [1.82, 2.24) is 5.43 Å². The third-order valence-electron chi connectivity index (χ3n) is 5.11. The first-order valence-electron chi connectivity index (χ1n) is 10.7. The lowest BCUT2D eigenvalue weighted by molar-refractivity contribution is 0.0952. The van der Waals surface area contributed by atoms with E-state index in [0.717, 1.165) is 16.5 Å². The molecule has 0 aliphatic heterocycles. The molecule has 172 valence electrons. The molecule has 7 heteroatoms. The van der Waals surface area contributed by atoms with Crippen molar-refractivity contribution < 1.29 is 19.4 Å². The number of hydrazone groups is 1. The molecule has 4 aromatic rings. The summed E-state index contributed by atoms with van der Waals surface area (Å²) in [7, 11) is 0. The Hall–Kier alpha value is -3.84. The number of carbonyl (C=O) groups excluding carboxylic acids is 1. The first-order chi connectivity index (χ1) is 16.5. The number of carbonyl (C=O) groups is 1. The number of nitrogens with one attached hydrogen (secondary N) is 1. The third kappa shape index (κ3) is 5.55. The molecule has 4 aromatic carbocycles. The Bertz CT molecular complexity index is 1350. The predicted molar refractivity (Wildman–Crippen MR) is 137 cm³/mol. The SMILES string of the molecule is CCOc1cc(/C=N/NC(=O)c2cc(Br)ccc2O)ccc1OCc1cccc2ccccc12. The van der Waals surface area contributed by atoms with Gasteiger partial charge in [0.25, 0.3) is 5.91 Å². The summed E-state index contributed by atoms with van der Waals surface area (Å²) in [4.78, 5) is 12.3. The summed E-state index contributed by atoms with van der Waals surface area (Å²) < 4.78 is 12.5. The van der Waals surface area contributed by atoms with E-state index in [0.29, 0.717) is 29.2 Å². The molecule has 0 saturated heterocycles. The number of rotatable bonds is 8. The highest BCUT2D eigenvalue weighted by Gasteiger charge is 2.11. The van der Waals surface area contributed by atoms with E-state index in [4.69, 9.17) is 9.47 Å². The van der Waals surface area contributed by atoms with Crippen molar-refractivity contribution >= 4 is 38.8 Å². The fraction of sp³-hybridized carbons (Fsp3) is 0.111. The van der Waals surface area contributed by atoms with Gasteiger partial charge in [-0.25, -0.2) is 5.43 Å². The van der Waals surface area contributed by atoms with Gasteiger partial charge in [-0.2, -0.15) is 5.10 Å². The minimum absolute atomic E-state index is 0.123. The normalized spacial score (nSPS) is 11.0. The van der Waals surface area contributed by atoms with E-state index in [1.54, 1.807) is 12.1 Å². The van der Waals surface area contributed by atoms with Crippen LogP contribution in [0.2, 0.25) is 0 Å². The first kappa shape index (κ1) is 23.3. The van der Waals surface area contributed by atoms with E-state index < -0.39 is 5.91 Å². The summed E-state index contributed by atoms with van der Waals surface area (Å²) in [5, 5.41) is 16.2. The van der Waals surface area contributed by atoms with Gasteiger partial charge in [-0.05, 0) is 65.2 Å². The van der Waals surface area contributed by atoms with Crippen LogP contribution in [-0.2, 0) is 6.61 Å². The van der Waals surface area contributed by atoms with Crippen LogP contribution in [-0.4, -0.2) is 23.8 Å². The highest BCUT2D eigenvalue weighted by Crippen LogP contribution is 2.30. The summed E-state index contributed by atoms with van der Waals surface area (Å²) in [5.74, 6) is 0.565. The van der Waals surface area contributed by atoms with Crippen molar-refractivity contribution in [2.45, 2.75) is 13.5 Å². The molecule has 0 heterocycles. The van der Waals surface area contributed by atoms with Crippen molar-refractivity contribution in [3.63, 3.8) is 0 Å². The molecule has 0 aliphatic carbocycles. The zero-order chi connectivity index (χ0) is 23.9. The van der Waals surface area contributed by atoms with Gasteiger partial charge in [-0.15, -0.1) is 0 Å². The highest BCUT2D eigenvalue weighted by atomic mass is 79.9. The Labute approximate surface area is 206 Å². The average molecular weight is 519 g/mol. The fourth-order valence-corrected chi connectivity index (χ4v) is 3.84. The highest BCUT2D eigenvalue weighted by molar-refractivity contribution is 9.10. The molecule has 6 nitrogen and oxygen atoms in total. The molecule has 0 unspecified atom stereocenters. The summed E-state index contributed by atoms with van der Waals surface area (Å²) in [6, 6.07) is 24.4. The number of fused-ring (bicyclic) bond motifs is 1. The lowest BCUT2D eigenvalue weighted by Gasteiger charge is -2.13. The molecule has 0 fully saturated rings. The van der Waals surface area contributed by atoms with E-state index in [1.807, 2.05) is 37.3 Å². The molecule has 0 aromatic heterocycles. The van der Waals surface area contributed by atoms with Crippen LogP contribution >= 0.6 is 15.9 Å². The van der Waals surface area contributed by atoms with Crippen LogP contribution in [0.15, 0.2) is 88.4 Å². The van der Waals surface area contributed by atoms with Crippen molar-refractivity contribution in [1.29, 1.82) is 0 Å². The molecule has 34 heavy (non-hydrogen) atoms. The lowest BCUT2D eigenvalue weighted by atomic mass is 10.1. The zero-order valence-electron chi connectivity index (χ0n) is 18.5. The van der Waals surface area contributed by atoms with Gasteiger partial charge in [0.05, 0.1) is 18.4 Å². The quantitative estimate of drug-likeness (QED) is 0.220. The first-order valence-corrected chi connectivity index (χ1v) is 11.5. The van der Waals surface area contributed by atoms with Crippen LogP contribution < -0.4 is 14.9 Å². The van der Waals surface area contributed by atoms with Gasteiger partial charge in [0.15, 0.2) is 11.5 Å². The van der Waals surface area contributed by atoms with Gasteiger partial charge >= 0.3 is 0 Å². The summed E-state index contributed by atoms with van der Waals surface area (Å²) >= 11 is 3.28. The maximum atomic E-state index is 12.3. The minimum Gasteiger partial charge on any atom is -0.507 e. The third-order valence-corrected chi connectivity index (χ3v) is 5.61. The predicted octanol–water partition coefficient (Wildman–Crippen LogP) is 6.05. The van der Waals surface area contributed by atoms with Gasteiger partial charge in [-0.3, -0.25) is 4.79 Å². The van der Waals surface area contributed by atoms with Gasteiger partial charge in [0.1, 0.15) is 12.4 Å². The number of aromatic hydroxyl groups is 1. The number of benzene rings is 4. The Kier molecular flexibility index (Phi) is 7.44. The van der Waals surface area contributed by atoms with Crippen molar-refractivity contribution in [2.24, 2.45) is 5.10 Å². The maximum Gasteiger partial charge on any atom is 0.275 e. The van der Waals surface area contributed by atoms with Crippen LogP contribution in [0.1, 0.15) is 28.4 Å². The van der Waals surface area contributed by atoms with Crippen molar-refractivity contribution in [3.8, 4) is 17.2 Å². The van der Waals surface area contributed by atoms with Crippen LogP contribution in [0.4, 0.5) is 0 Å². The van der Waals surface area contributed by atoms with Crippen molar-refractivity contribution in [3.05, 3.63) is 100 Å². The molecule has 4 rings (SSSR count). The molecule has 0 bridgehead atoms. The van der Waals surface area contributed by atoms with Gasteiger partial charge in [0.2, 0.25) is 0 Å². The van der Waals surface area contributed by atoms with Crippen LogP contribution in [0.3, 0.4) is 0 Å². The molecule has 0 saturated carbocycles. The van der Waals surface area contributed by atoms with E-state index in [-0.39, 0.29) is 11.3 Å². The average Bonchev–Trinajstić information content (AvgIpc) is 2.85. The fourth-order valence-electron chi connectivity index (χ4n) is 3.48. The maximum absolute atomic E-state index is 12.3. The molecule has 1 amide bonds. The van der Waals surface area contributed by atoms with Crippen LogP contribution in [0.5, 0.6) is 17.2 Å². The van der Waals surface area contributed by atoms with E-state index in [9.17, 15) is 9.90 Å². The number of phenols is 1. The molecule has 0 atom stereocenters. The molecular formula is C27H23BrN2O4. The Morgan fingerprint density at radius 2 is 1.82 bits per heavy atom. The Balaban J connectivity index is 1.46. The zero-order valence-corrected chi connectivity index (χ0v) is 20.1. The standard InChI is InChI=1S/C27H23BrN2O4/c1-2-33-26-14-18(16-29-30-27(32)23-15-21(28)11-12-24(23)31)10-13-25(26)34-17-20-8-5-7-19-6-3-4-9-22(19)20/h3-16,31H,2,17H2,1H3,(H,30,32)/b29-16+. The van der Waals surface area contributed by atoms with E-state index in [2.05, 4.69) is 50.7 Å². The second-order valence-corrected chi connectivity index (χ2v) is 8.34. The van der Waals surface area contributed by atoms with Crippen LogP contribution in [0, 0.1) is 0 Å². The van der Waals surface area contributed by atoms with Crippen LogP contribution in [0.25, 0.3) is 10.8 Å². The van der Waals surface area contributed by atoms with Gasteiger partial charge in [0, 0.05) is 4.47 Å². The monoisotopic (exact) mass is 518 g/mol. The Morgan fingerprint density at radius 3 is 2.68 bits per heavy atom. The number of hydrogen-bond acceptors (Lipinski definition) is 5. The second-order valence-electron chi connectivity index (χ2n) is 7.43. The molecule has 0 radical (unpaired) electrons. The molecular weight excluding hydrogens is 496 g/mol. The van der Waals surface area contributed by atoms with Gasteiger partial charge < -0.3 is 14.6 Å². The molecule has 0 spiro atoms. The summed E-state index contributed by atoms with van der Waals surface area (Å²) in [6.07, 6.45) is 1.50. The Morgan fingerprint density at radius 1 is 1.00 bits per heavy atom. The number of ether oxygens (including phenoxy) is 2. The topological polar surface area (TPSA) is 80.2 Å². The lowest BCUT2D eigenvalue weighted by Crippen LogP contribution is -2.17. The molecule has 0 aliphatic rings. The van der Waals surface area contributed by atoms with E-state index >= 15 is 0 Å².